The minimum atomic E-state index is -0.118. The molecule has 1 aliphatic heterocycles. The number of carbonyl (C=O) groups is 1. The number of hydrogen-bond acceptors (Lipinski definition) is 3. The maximum absolute atomic E-state index is 12.6. The number of carbonyl (C=O) groups excluding carboxylic acids is 1. The van der Waals surface area contributed by atoms with Gasteiger partial charge in [-0.2, -0.15) is 0 Å². The van der Waals surface area contributed by atoms with E-state index in [0.717, 1.165) is 16.9 Å². The Bertz CT molecular complexity index is 659. The van der Waals surface area contributed by atoms with Crippen LogP contribution in [0, 0.1) is 12.8 Å². The van der Waals surface area contributed by atoms with Crippen LogP contribution in [0.1, 0.15) is 21.5 Å². The van der Waals surface area contributed by atoms with E-state index in [9.17, 15) is 4.79 Å². The summed E-state index contributed by atoms with van der Waals surface area (Å²) in [4.78, 5) is 12.6. The summed E-state index contributed by atoms with van der Waals surface area (Å²) in [5, 5.41) is 0. The lowest BCUT2D eigenvalue weighted by atomic mass is 9.89. The van der Waals surface area contributed by atoms with Gasteiger partial charge in [0.25, 0.3) is 0 Å². The molecule has 108 valence electrons. The summed E-state index contributed by atoms with van der Waals surface area (Å²) < 4.78 is 10.9. The molecule has 0 saturated carbocycles. The zero-order chi connectivity index (χ0) is 14.8. The molecule has 3 nitrogen and oxygen atoms in total. The lowest BCUT2D eigenvalue weighted by Gasteiger charge is -2.24. The molecule has 0 aliphatic carbocycles. The third-order valence-electron chi connectivity index (χ3n) is 3.85. The van der Waals surface area contributed by atoms with Crippen molar-refractivity contribution in [1.82, 2.24) is 0 Å². The average molecular weight is 282 g/mol. The molecule has 1 aliphatic rings. The number of benzene rings is 2. The van der Waals surface area contributed by atoms with E-state index in [1.165, 1.54) is 0 Å². The first-order chi connectivity index (χ1) is 10.2. The Labute approximate surface area is 124 Å². The number of fused-ring (bicyclic) bond motifs is 1. The van der Waals surface area contributed by atoms with E-state index < -0.39 is 0 Å². The van der Waals surface area contributed by atoms with Gasteiger partial charge in [0.05, 0.1) is 25.2 Å². The molecule has 0 aromatic heterocycles. The molecule has 0 saturated heterocycles. The highest BCUT2D eigenvalue weighted by Crippen LogP contribution is 2.30. The molecule has 1 atom stereocenters. The third kappa shape index (κ3) is 2.77. The van der Waals surface area contributed by atoms with Crippen molar-refractivity contribution < 1.29 is 14.3 Å². The molecule has 0 radical (unpaired) electrons. The molecular weight excluding hydrogens is 264 g/mol. The smallest absolute Gasteiger partial charge is 0.173 e. The summed E-state index contributed by atoms with van der Waals surface area (Å²) in [6.07, 6.45) is 0.691. The SMILES string of the molecule is COc1ccc(CC2COc3ccc(C)cc3C2=O)cc1. The average Bonchev–Trinajstić information content (AvgIpc) is 2.51. The fourth-order valence-electron chi connectivity index (χ4n) is 2.65. The van der Waals surface area contributed by atoms with Crippen molar-refractivity contribution in [2.45, 2.75) is 13.3 Å². The molecule has 0 amide bonds. The molecular formula is C18H18O3. The standard InChI is InChI=1S/C18H18O3/c1-12-3-8-17-16(9-12)18(19)14(11-21-17)10-13-4-6-15(20-2)7-5-13/h3-9,14H,10-11H2,1-2H3. The molecule has 21 heavy (non-hydrogen) atoms. The van der Waals surface area contributed by atoms with E-state index in [1.807, 2.05) is 49.4 Å². The fourth-order valence-corrected chi connectivity index (χ4v) is 2.65. The molecule has 3 heteroatoms. The maximum atomic E-state index is 12.6. The monoisotopic (exact) mass is 282 g/mol. The lowest BCUT2D eigenvalue weighted by Crippen LogP contribution is -2.29. The third-order valence-corrected chi connectivity index (χ3v) is 3.85. The van der Waals surface area contributed by atoms with Gasteiger partial charge in [0.15, 0.2) is 5.78 Å². The van der Waals surface area contributed by atoms with Gasteiger partial charge in [-0.3, -0.25) is 4.79 Å². The Morgan fingerprint density at radius 3 is 2.67 bits per heavy atom. The predicted octanol–water partition coefficient (Wildman–Crippen LogP) is 3.44. The topological polar surface area (TPSA) is 35.5 Å². The van der Waals surface area contributed by atoms with Crippen molar-refractivity contribution in [3.63, 3.8) is 0 Å². The van der Waals surface area contributed by atoms with Gasteiger partial charge in [0.1, 0.15) is 11.5 Å². The van der Waals surface area contributed by atoms with E-state index in [2.05, 4.69) is 0 Å². The summed E-state index contributed by atoms with van der Waals surface area (Å²) in [5.74, 6) is 1.59. The van der Waals surface area contributed by atoms with Gasteiger partial charge in [-0.05, 0) is 43.2 Å². The highest BCUT2D eigenvalue weighted by molar-refractivity contribution is 6.01. The van der Waals surface area contributed by atoms with Crippen LogP contribution in [0.2, 0.25) is 0 Å². The highest BCUT2D eigenvalue weighted by Gasteiger charge is 2.28. The molecule has 2 aromatic carbocycles. The Kier molecular flexibility index (Phi) is 3.65. The molecule has 3 rings (SSSR count). The normalized spacial score (nSPS) is 17.0. The Morgan fingerprint density at radius 1 is 1.19 bits per heavy atom. The van der Waals surface area contributed by atoms with Crippen LogP contribution in [-0.4, -0.2) is 19.5 Å². The first-order valence-electron chi connectivity index (χ1n) is 7.08. The van der Waals surface area contributed by atoms with Gasteiger partial charge in [-0.1, -0.05) is 23.8 Å². The Hall–Kier alpha value is -2.29. The van der Waals surface area contributed by atoms with Crippen LogP contribution in [0.4, 0.5) is 0 Å². The number of hydrogen-bond donors (Lipinski definition) is 0. The second-order valence-corrected chi connectivity index (χ2v) is 5.42. The zero-order valence-electron chi connectivity index (χ0n) is 12.3. The molecule has 0 N–H and O–H groups in total. The number of methoxy groups -OCH3 is 1. The number of ketones is 1. The summed E-state index contributed by atoms with van der Waals surface area (Å²) in [7, 11) is 1.65. The molecule has 1 heterocycles. The molecule has 0 fully saturated rings. The molecule has 2 aromatic rings. The second-order valence-electron chi connectivity index (χ2n) is 5.42. The molecule has 0 spiro atoms. The zero-order valence-corrected chi connectivity index (χ0v) is 12.3. The summed E-state index contributed by atoms with van der Waals surface area (Å²) in [6, 6.07) is 13.6. The van der Waals surface area contributed by atoms with Crippen LogP contribution >= 0.6 is 0 Å². The van der Waals surface area contributed by atoms with Crippen molar-refractivity contribution in [1.29, 1.82) is 0 Å². The van der Waals surface area contributed by atoms with Gasteiger partial charge in [-0.15, -0.1) is 0 Å². The van der Waals surface area contributed by atoms with Crippen molar-refractivity contribution in [3.05, 3.63) is 59.2 Å². The summed E-state index contributed by atoms with van der Waals surface area (Å²) in [5.41, 5.74) is 2.91. The van der Waals surface area contributed by atoms with Crippen molar-refractivity contribution in [3.8, 4) is 11.5 Å². The molecule has 0 bridgehead atoms. The Balaban J connectivity index is 1.79. The Morgan fingerprint density at radius 2 is 1.95 bits per heavy atom. The second kappa shape index (κ2) is 5.60. The van der Waals surface area contributed by atoms with Gasteiger partial charge < -0.3 is 9.47 Å². The first kappa shape index (κ1) is 13.7. The van der Waals surface area contributed by atoms with Crippen LogP contribution in [0.3, 0.4) is 0 Å². The predicted molar refractivity (Wildman–Crippen MR) is 81.2 cm³/mol. The first-order valence-corrected chi connectivity index (χ1v) is 7.08. The van der Waals surface area contributed by atoms with E-state index >= 15 is 0 Å². The summed E-state index contributed by atoms with van der Waals surface area (Å²) >= 11 is 0. The minimum Gasteiger partial charge on any atom is -0.497 e. The number of ether oxygens (including phenoxy) is 2. The quantitative estimate of drug-likeness (QED) is 0.865. The van der Waals surface area contributed by atoms with E-state index in [4.69, 9.17) is 9.47 Å². The van der Waals surface area contributed by atoms with Gasteiger partial charge >= 0.3 is 0 Å². The van der Waals surface area contributed by atoms with Gasteiger partial charge in [0, 0.05) is 0 Å². The van der Waals surface area contributed by atoms with Crippen molar-refractivity contribution in [2.75, 3.05) is 13.7 Å². The molecule has 1 unspecified atom stereocenters. The van der Waals surface area contributed by atoms with Crippen LogP contribution in [0.25, 0.3) is 0 Å². The number of Topliss-reactive ketones (excluding diaryl/α,β-unsaturated/α-hetero) is 1. The van der Waals surface area contributed by atoms with Crippen LogP contribution in [-0.2, 0) is 6.42 Å². The highest BCUT2D eigenvalue weighted by atomic mass is 16.5. The largest absolute Gasteiger partial charge is 0.497 e. The lowest BCUT2D eigenvalue weighted by molar-refractivity contribution is 0.0830. The van der Waals surface area contributed by atoms with Crippen LogP contribution < -0.4 is 9.47 Å². The van der Waals surface area contributed by atoms with Gasteiger partial charge in [-0.25, -0.2) is 0 Å². The van der Waals surface area contributed by atoms with Crippen LogP contribution in [0.15, 0.2) is 42.5 Å². The van der Waals surface area contributed by atoms with E-state index in [0.29, 0.717) is 24.3 Å². The van der Waals surface area contributed by atoms with Crippen molar-refractivity contribution >= 4 is 5.78 Å². The van der Waals surface area contributed by atoms with Crippen molar-refractivity contribution in [2.24, 2.45) is 5.92 Å². The number of aryl methyl sites for hydroxylation is 1. The summed E-state index contributed by atoms with van der Waals surface area (Å²) in [6.45, 7) is 2.43. The fraction of sp³-hybridized carbons (Fsp3) is 0.278. The van der Waals surface area contributed by atoms with Crippen LogP contribution in [0.5, 0.6) is 11.5 Å². The number of rotatable bonds is 3. The van der Waals surface area contributed by atoms with E-state index in [-0.39, 0.29) is 11.7 Å². The maximum Gasteiger partial charge on any atom is 0.173 e. The van der Waals surface area contributed by atoms with Gasteiger partial charge in [0.2, 0.25) is 0 Å². The van der Waals surface area contributed by atoms with E-state index in [1.54, 1.807) is 7.11 Å². The minimum absolute atomic E-state index is 0.118.